The fourth-order valence-electron chi connectivity index (χ4n) is 1.29. The van der Waals surface area contributed by atoms with E-state index in [9.17, 15) is 5.11 Å². The van der Waals surface area contributed by atoms with Gasteiger partial charge in [0.1, 0.15) is 17.2 Å². The van der Waals surface area contributed by atoms with Gasteiger partial charge in [-0.05, 0) is 31.2 Å². The Labute approximate surface area is 102 Å². The fourth-order valence-corrected chi connectivity index (χ4v) is 1.29. The summed E-state index contributed by atoms with van der Waals surface area (Å²) in [4.78, 5) is 0. The molecule has 0 unspecified atom stereocenters. The highest BCUT2D eigenvalue weighted by atomic mass is 16.5. The van der Waals surface area contributed by atoms with E-state index in [0.29, 0.717) is 5.75 Å². The third-order valence-corrected chi connectivity index (χ3v) is 2.07. The van der Waals surface area contributed by atoms with Gasteiger partial charge in [-0.2, -0.15) is 0 Å². The van der Waals surface area contributed by atoms with Gasteiger partial charge in [-0.3, -0.25) is 0 Å². The second kappa shape index (κ2) is 6.59. The second-order valence-electron chi connectivity index (χ2n) is 3.41. The van der Waals surface area contributed by atoms with Crippen molar-refractivity contribution in [3.8, 4) is 17.2 Å². The molecule has 0 aromatic heterocycles. The van der Waals surface area contributed by atoms with Crippen LogP contribution in [0.25, 0.3) is 0 Å². The number of benzene rings is 2. The van der Waals surface area contributed by atoms with Crippen LogP contribution >= 0.6 is 0 Å². The number of hydrogen-bond acceptors (Lipinski definition) is 2. The number of hydrogen-bond donors (Lipinski definition) is 1. The van der Waals surface area contributed by atoms with E-state index in [-0.39, 0.29) is 5.75 Å². The molecule has 0 radical (unpaired) electrons. The molecular weight excluding hydrogens is 212 g/mol. The Morgan fingerprint density at radius 1 is 0.882 bits per heavy atom. The van der Waals surface area contributed by atoms with Crippen molar-refractivity contribution >= 4 is 0 Å². The summed E-state index contributed by atoms with van der Waals surface area (Å²) in [5.41, 5.74) is 1.19. The number of phenols is 1. The van der Waals surface area contributed by atoms with E-state index in [1.807, 2.05) is 45.0 Å². The quantitative estimate of drug-likeness (QED) is 0.822. The average Bonchev–Trinajstić information content (AvgIpc) is 2.35. The maximum atomic E-state index is 9.26. The summed E-state index contributed by atoms with van der Waals surface area (Å²) < 4.78 is 5.55. The zero-order valence-electron chi connectivity index (χ0n) is 10.5. The lowest BCUT2D eigenvalue weighted by atomic mass is 10.2. The standard InChI is InChI=1S/C13H12O2.C2H6/c1-10-5-7-12(8-6-10)15-13-4-2-3-11(14)9-13;1-2/h2-9,14H,1H3;1-2H3. The van der Waals surface area contributed by atoms with E-state index in [0.717, 1.165) is 5.75 Å². The Morgan fingerprint density at radius 3 is 2.12 bits per heavy atom. The van der Waals surface area contributed by atoms with E-state index in [2.05, 4.69) is 0 Å². The van der Waals surface area contributed by atoms with Gasteiger partial charge in [0.25, 0.3) is 0 Å². The fraction of sp³-hybridized carbons (Fsp3) is 0.200. The number of phenolic OH excluding ortho intramolecular Hbond substituents is 1. The van der Waals surface area contributed by atoms with Gasteiger partial charge < -0.3 is 9.84 Å². The highest BCUT2D eigenvalue weighted by Crippen LogP contribution is 2.24. The predicted octanol–water partition coefficient (Wildman–Crippen LogP) is 4.52. The highest BCUT2D eigenvalue weighted by molar-refractivity contribution is 5.36. The summed E-state index contributed by atoms with van der Waals surface area (Å²) in [5, 5.41) is 9.26. The first-order valence-electron chi connectivity index (χ1n) is 5.77. The van der Waals surface area contributed by atoms with E-state index in [1.165, 1.54) is 5.56 Å². The minimum atomic E-state index is 0.208. The molecule has 2 aromatic rings. The van der Waals surface area contributed by atoms with Crippen LogP contribution in [-0.4, -0.2) is 5.11 Å². The van der Waals surface area contributed by atoms with Crippen molar-refractivity contribution in [2.24, 2.45) is 0 Å². The summed E-state index contributed by atoms with van der Waals surface area (Å²) in [6.07, 6.45) is 0. The van der Waals surface area contributed by atoms with Gasteiger partial charge in [0.2, 0.25) is 0 Å². The summed E-state index contributed by atoms with van der Waals surface area (Å²) >= 11 is 0. The maximum Gasteiger partial charge on any atom is 0.131 e. The Bertz CT molecular complexity index is 447. The molecule has 0 bridgehead atoms. The molecule has 0 heterocycles. The van der Waals surface area contributed by atoms with Gasteiger partial charge in [0.05, 0.1) is 0 Å². The predicted molar refractivity (Wildman–Crippen MR) is 70.7 cm³/mol. The molecule has 0 spiro atoms. The number of aromatic hydroxyl groups is 1. The van der Waals surface area contributed by atoms with E-state index < -0.39 is 0 Å². The van der Waals surface area contributed by atoms with Crippen molar-refractivity contribution < 1.29 is 9.84 Å². The molecule has 2 nitrogen and oxygen atoms in total. The van der Waals surface area contributed by atoms with Crippen LogP contribution in [-0.2, 0) is 0 Å². The van der Waals surface area contributed by atoms with Crippen molar-refractivity contribution in [3.05, 3.63) is 54.1 Å². The number of rotatable bonds is 2. The molecule has 0 aliphatic carbocycles. The lowest BCUT2D eigenvalue weighted by Gasteiger charge is -2.05. The molecule has 2 rings (SSSR count). The number of aryl methyl sites for hydroxylation is 1. The van der Waals surface area contributed by atoms with Crippen LogP contribution in [0.2, 0.25) is 0 Å². The number of ether oxygens (including phenoxy) is 1. The molecule has 0 atom stereocenters. The molecule has 1 N–H and O–H groups in total. The van der Waals surface area contributed by atoms with Crippen molar-refractivity contribution in [1.29, 1.82) is 0 Å². The largest absolute Gasteiger partial charge is 0.508 e. The summed E-state index contributed by atoms with van der Waals surface area (Å²) in [5.74, 6) is 1.62. The maximum absolute atomic E-state index is 9.26. The first kappa shape index (κ1) is 13.1. The summed E-state index contributed by atoms with van der Waals surface area (Å²) in [6, 6.07) is 14.5. The van der Waals surface area contributed by atoms with Crippen LogP contribution < -0.4 is 4.74 Å². The summed E-state index contributed by atoms with van der Waals surface area (Å²) in [7, 11) is 0. The van der Waals surface area contributed by atoms with Crippen molar-refractivity contribution in [1.82, 2.24) is 0 Å². The third kappa shape index (κ3) is 4.19. The van der Waals surface area contributed by atoms with Crippen LogP contribution in [0.4, 0.5) is 0 Å². The van der Waals surface area contributed by atoms with Gasteiger partial charge in [-0.15, -0.1) is 0 Å². The van der Waals surface area contributed by atoms with Crippen LogP contribution in [0.15, 0.2) is 48.5 Å². The Kier molecular flexibility index (Phi) is 5.08. The van der Waals surface area contributed by atoms with Crippen LogP contribution in [0.3, 0.4) is 0 Å². The topological polar surface area (TPSA) is 29.5 Å². The van der Waals surface area contributed by atoms with Gasteiger partial charge in [-0.25, -0.2) is 0 Å². The summed E-state index contributed by atoms with van der Waals surface area (Å²) in [6.45, 7) is 6.03. The lowest BCUT2D eigenvalue weighted by molar-refractivity contribution is 0.455. The SMILES string of the molecule is CC.Cc1ccc(Oc2cccc(O)c2)cc1. The van der Waals surface area contributed by atoms with E-state index in [4.69, 9.17) is 4.74 Å². The van der Waals surface area contributed by atoms with Crippen LogP contribution in [0, 0.1) is 6.92 Å². The van der Waals surface area contributed by atoms with Gasteiger partial charge >= 0.3 is 0 Å². The molecule has 2 aromatic carbocycles. The minimum Gasteiger partial charge on any atom is -0.508 e. The zero-order valence-corrected chi connectivity index (χ0v) is 10.5. The van der Waals surface area contributed by atoms with Crippen molar-refractivity contribution in [3.63, 3.8) is 0 Å². The first-order valence-corrected chi connectivity index (χ1v) is 5.77. The van der Waals surface area contributed by atoms with Crippen molar-refractivity contribution in [2.75, 3.05) is 0 Å². The Balaban J connectivity index is 0.000000686. The monoisotopic (exact) mass is 230 g/mol. The molecule has 0 aliphatic heterocycles. The van der Waals surface area contributed by atoms with Gasteiger partial charge in [-0.1, -0.05) is 37.6 Å². The molecular formula is C15H18O2. The molecule has 0 saturated heterocycles. The Hall–Kier alpha value is -1.96. The Morgan fingerprint density at radius 2 is 1.53 bits per heavy atom. The normalized spacial score (nSPS) is 9.12. The molecule has 0 aliphatic rings. The van der Waals surface area contributed by atoms with E-state index >= 15 is 0 Å². The third-order valence-electron chi connectivity index (χ3n) is 2.07. The van der Waals surface area contributed by atoms with Gasteiger partial charge in [0.15, 0.2) is 0 Å². The average molecular weight is 230 g/mol. The van der Waals surface area contributed by atoms with Crippen LogP contribution in [0.5, 0.6) is 17.2 Å². The molecule has 90 valence electrons. The lowest BCUT2D eigenvalue weighted by Crippen LogP contribution is -1.83. The molecule has 2 heteroatoms. The molecule has 0 amide bonds. The van der Waals surface area contributed by atoms with Crippen molar-refractivity contribution in [2.45, 2.75) is 20.8 Å². The second-order valence-corrected chi connectivity index (χ2v) is 3.41. The molecule has 0 fully saturated rings. The first-order chi connectivity index (χ1) is 8.24. The van der Waals surface area contributed by atoms with Gasteiger partial charge in [0, 0.05) is 6.07 Å². The van der Waals surface area contributed by atoms with E-state index in [1.54, 1.807) is 24.3 Å². The zero-order chi connectivity index (χ0) is 12.7. The molecule has 0 saturated carbocycles. The molecule has 17 heavy (non-hydrogen) atoms. The smallest absolute Gasteiger partial charge is 0.131 e. The minimum absolute atomic E-state index is 0.208. The highest BCUT2D eigenvalue weighted by Gasteiger charge is 1.97. The van der Waals surface area contributed by atoms with Crippen LogP contribution in [0.1, 0.15) is 19.4 Å².